The summed E-state index contributed by atoms with van der Waals surface area (Å²) in [7, 11) is 0. The lowest BCUT2D eigenvalue weighted by Gasteiger charge is -2.29. The van der Waals surface area contributed by atoms with Crippen molar-refractivity contribution in [1.82, 2.24) is 25.1 Å². The Morgan fingerprint density at radius 2 is 2.08 bits per heavy atom. The van der Waals surface area contributed by atoms with Crippen molar-refractivity contribution in [1.29, 1.82) is 0 Å². The van der Waals surface area contributed by atoms with Crippen LogP contribution in [0.15, 0.2) is 48.9 Å². The van der Waals surface area contributed by atoms with Gasteiger partial charge in [0, 0.05) is 44.8 Å². The van der Waals surface area contributed by atoms with Crippen molar-refractivity contribution in [2.75, 3.05) is 11.9 Å². The van der Waals surface area contributed by atoms with Crippen molar-refractivity contribution in [2.45, 2.75) is 33.0 Å². The van der Waals surface area contributed by atoms with Crippen molar-refractivity contribution in [3.63, 3.8) is 0 Å². The highest BCUT2D eigenvalue weighted by molar-refractivity contribution is 5.39. The average Bonchev–Trinajstić information content (AvgIpc) is 2.68. The van der Waals surface area contributed by atoms with Crippen LogP contribution < -0.4 is 5.32 Å². The van der Waals surface area contributed by atoms with Crippen molar-refractivity contribution in [3.05, 3.63) is 77.0 Å². The van der Waals surface area contributed by atoms with Crippen LogP contribution in [0.4, 0.5) is 5.82 Å². The summed E-state index contributed by atoms with van der Waals surface area (Å²) in [5, 5.41) is 11.6. The van der Waals surface area contributed by atoms with Gasteiger partial charge in [-0.3, -0.25) is 14.9 Å². The summed E-state index contributed by atoms with van der Waals surface area (Å²) < 4.78 is 0. The quantitative estimate of drug-likeness (QED) is 0.766. The average molecular weight is 346 g/mol. The number of nitrogens with one attached hydrogen (secondary N) is 1. The molecule has 1 N–H and O–H groups in total. The van der Waals surface area contributed by atoms with E-state index in [4.69, 9.17) is 0 Å². The van der Waals surface area contributed by atoms with Crippen molar-refractivity contribution < 1.29 is 0 Å². The van der Waals surface area contributed by atoms with Crippen LogP contribution in [-0.2, 0) is 26.1 Å². The topological polar surface area (TPSA) is 66.8 Å². The lowest BCUT2D eigenvalue weighted by atomic mass is 9.97. The molecule has 132 valence electrons. The number of rotatable bonds is 5. The van der Waals surface area contributed by atoms with Crippen LogP contribution in [0.1, 0.15) is 28.1 Å². The molecule has 0 amide bonds. The highest BCUT2D eigenvalue weighted by Crippen LogP contribution is 2.23. The largest absolute Gasteiger partial charge is 0.364 e. The molecule has 3 aromatic rings. The van der Waals surface area contributed by atoms with Gasteiger partial charge in [0.1, 0.15) is 5.82 Å². The Labute approximate surface area is 153 Å². The zero-order chi connectivity index (χ0) is 17.8. The second-order valence-corrected chi connectivity index (χ2v) is 6.63. The van der Waals surface area contributed by atoms with Crippen LogP contribution in [0, 0.1) is 6.92 Å². The fraction of sp³-hybridized carbons (Fsp3) is 0.300. The van der Waals surface area contributed by atoms with Gasteiger partial charge in [-0.15, -0.1) is 5.10 Å². The minimum atomic E-state index is 0.716. The zero-order valence-corrected chi connectivity index (χ0v) is 14.9. The van der Waals surface area contributed by atoms with Crippen LogP contribution in [0.25, 0.3) is 0 Å². The number of aromatic nitrogens is 4. The summed E-state index contributed by atoms with van der Waals surface area (Å²) >= 11 is 0. The molecule has 0 saturated carbocycles. The summed E-state index contributed by atoms with van der Waals surface area (Å²) in [6.07, 6.45) is 6.84. The third kappa shape index (κ3) is 3.86. The van der Waals surface area contributed by atoms with Gasteiger partial charge in [0.2, 0.25) is 0 Å². The van der Waals surface area contributed by atoms with Crippen LogP contribution in [-0.4, -0.2) is 31.6 Å². The Morgan fingerprint density at radius 1 is 1.12 bits per heavy atom. The van der Waals surface area contributed by atoms with Crippen molar-refractivity contribution >= 4 is 5.82 Å². The molecular weight excluding hydrogens is 324 g/mol. The molecule has 0 atom stereocenters. The standard InChI is InChI=1S/C20H22N6/c1-15-5-6-20(25-24-15)23-12-16-10-21-11-17-13-26(9-7-19(16)17)14-18-4-2-3-8-22-18/h2-6,8,10-11H,7,9,12-14H2,1H3,(H,23,25). The molecule has 3 aromatic heterocycles. The van der Waals surface area contributed by atoms with Gasteiger partial charge in [0.15, 0.2) is 0 Å². The molecule has 0 aromatic carbocycles. The molecule has 1 aliphatic heterocycles. The molecule has 26 heavy (non-hydrogen) atoms. The molecule has 0 bridgehead atoms. The van der Waals surface area contributed by atoms with E-state index in [1.165, 1.54) is 16.7 Å². The highest BCUT2D eigenvalue weighted by atomic mass is 15.2. The predicted molar refractivity (Wildman–Crippen MR) is 100 cm³/mol. The third-order valence-electron chi connectivity index (χ3n) is 4.68. The minimum absolute atomic E-state index is 0.716. The molecule has 6 heteroatoms. The number of aryl methyl sites for hydroxylation is 1. The Bertz CT molecular complexity index is 863. The van der Waals surface area contributed by atoms with E-state index in [0.29, 0.717) is 6.54 Å². The van der Waals surface area contributed by atoms with Gasteiger partial charge < -0.3 is 5.32 Å². The van der Waals surface area contributed by atoms with E-state index in [1.807, 2.05) is 49.8 Å². The van der Waals surface area contributed by atoms with Gasteiger partial charge in [-0.25, -0.2) is 0 Å². The molecule has 0 saturated heterocycles. The van der Waals surface area contributed by atoms with E-state index in [-0.39, 0.29) is 0 Å². The van der Waals surface area contributed by atoms with Gasteiger partial charge >= 0.3 is 0 Å². The van der Waals surface area contributed by atoms with Gasteiger partial charge in [-0.05, 0) is 54.3 Å². The molecule has 0 unspecified atom stereocenters. The van der Waals surface area contributed by atoms with E-state index >= 15 is 0 Å². The number of nitrogens with zero attached hydrogens (tertiary/aromatic N) is 5. The fourth-order valence-corrected chi connectivity index (χ4v) is 3.31. The SMILES string of the molecule is Cc1ccc(NCc2cncc3c2CCN(Cc2ccccn2)C3)nn1. The van der Waals surface area contributed by atoms with Gasteiger partial charge in [-0.1, -0.05) is 6.07 Å². The lowest BCUT2D eigenvalue weighted by molar-refractivity contribution is 0.242. The molecular formula is C20H22N6. The second kappa shape index (κ2) is 7.58. The molecule has 4 rings (SSSR count). The highest BCUT2D eigenvalue weighted by Gasteiger charge is 2.19. The second-order valence-electron chi connectivity index (χ2n) is 6.63. The van der Waals surface area contributed by atoms with Gasteiger partial charge in [-0.2, -0.15) is 5.10 Å². The summed E-state index contributed by atoms with van der Waals surface area (Å²) in [5.41, 5.74) is 5.98. The van der Waals surface area contributed by atoms with E-state index < -0.39 is 0 Å². The van der Waals surface area contributed by atoms with E-state index in [2.05, 4.69) is 36.4 Å². The summed E-state index contributed by atoms with van der Waals surface area (Å²) in [5.74, 6) is 0.792. The van der Waals surface area contributed by atoms with Crippen LogP contribution >= 0.6 is 0 Å². The molecule has 4 heterocycles. The number of hydrogen-bond acceptors (Lipinski definition) is 6. The number of anilines is 1. The number of pyridine rings is 2. The summed E-state index contributed by atoms with van der Waals surface area (Å²) in [6, 6.07) is 10.00. The normalized spacial score (nSPS) is 14.0. The first-order chi connectivity index (χ1) is 12.8. The monoisotopic (exact) mass is 346 g/mol. The zero-order valence-electron chi connectivity index (χ0n) is 14.9. The lowest BCUT2D eigenvalue weighted by Crippen LogP contribution is -2.31. The first kappa shape index (κ1) is 16.6. The van der Waals surface area contributed by atoms with Crippen LogP contribution in [0.3, 0.4) is 0 Å². The molecule has 6 nitrogen and oxygen atoms in total. The van der Waals surface area contributed by atoms with E-state index in [9.17, 15) is 0 Å². The van der Waals surface area contributed by atoms with Crippen LogP contribution in [0.5, 0.6) is 0 Å². The van der Waals surface area contributed by atoms with Crippen LogP contribution in [0.2, 0.25) is 0 Å². The minimum Gasteiger partial charge on any atom is -0.364 e. The van der Waals surface area contributed by atoms with Crippen molar-refractivity contribution in [3.8, 4) is 0 Å². The third-order valence-corrected chi connectivity index (χ3v) is 4.68. The Kier molecular flexibility index (Phi) is 4.84. The molecule has 1 aliphatic rings. The Morgan fingerprint density at radius 3 is 2.88 bits per heavy atom. The maximum absolute atomic E-state index is 4.45. The predicted octanol–water partition coefficient (Wildman–Crippen LogP) is 2.75. The van der Waals surface area contributed by atoms with Crippen molar-refractivity contribution in [2.24, 2.45) is 0 Å². The molecule has 0 spiro atoms. The number of fused-ring (bicyclic) bond motifs is 1. The molecule has 0 aliphatic carbocycles. The number of hydrogen-bond donors (Lipinski definition) is 1. The first-order valence-corrected chi connectivity index (χ1v) is 8.89. The summed E-state index contributed by atoms with van der Waals surface area (Å²) in [4.78, 5) is 11.3. The maximum Gasteiger partial charge on any atom is 0.148 e. The van der Waals surface area contributed by atoms with Gasteiger partial charge in [0.05, 0.1) is 11.4 Å². The Hall–Kier alpha value is -2.86. The fourth-order valence-electron chi connectivity index (χ4n) is 3.31. The van der Waals surface area contributed by atoms with Gasteiger partial charge in [0.25, 0.3) is 0 Å². The molecule has 0 radical (unpaired) electrons. The first-order valence-electron chi connectivity index (χ1n) is 8.89. The van der Waals surface area contributed by atoms with E-state index in [1.54, 1.807) is 0 Å². The maximum atomic E-state index is 4.45. The Balaban J connectivity index is 1.44. The molecule has 0 fully saturated rings. The summed E-state index contributed by atoms with van der Waals surface area (Å²) in [6.45, 7) is 5.48. The van der Waals surface area contributed by atoms with E-state index in [0.717, 1.165) is 43.3 Å². The smallest absolute Gasteiger partial charge is 0.148 e.